The Morgan fingerprint density at radius 1 is 1.86 bits per heavy atom. The lowest BCUT2D eigenvalue weighted by molar-refractivity contribution is 0.194. The van der Waals surface area contributed by atoms with Crippen LogP contribution in [-0.2, 0) is 0 Å². The van der Waals surface area contributed by atoms with E-state index >= 15 is 0 Å². The average molecular weight is 121 g/mol. The Morgan fingerprint density at radius 3 is 2.57 bits per heavy atom. The van der Waals surface area contributed by atoms with Crippen LogP contribution in [0.25, 0.3) is 0 Å². The zero-order valence-electron chi connectivity index (χ0n) is 4.52. The van der Waals surface area contributed by atoms with Crippen molar-refractivity contribution in [3.63, 3.8) is 0 Å². The van der Waals surface area contributed by atoms with Crippen molar-refractivity contribution in [3.05, 3.63) is 0 Å². The summed E-state index contributed by atoms with van der Waals surface area (Å²) in [5, 5.41) is 11.6. The number of aliphatic hydroxyl groups is 1. The highest BCUT2D eigenvalue weighted by Crippen LogP contribution is 1.76. The molecule has 1 unspecified atom stereocenters. The summed E-state index contributed by atoms with van der Waals surface area (Å²) in [5.41, 5.74) is 0. The third kappa shape index (κ3) is 6.35. The smallest absolute Gasteiger partial charge is 0.0636 e. The highest BCUT2D eigenvalue weighted by molar-refractivity contribution is 7.16. The van der Waals surface area contributed by atoms with Gasteiger partial charge in [0.15, 0.2) is 0 Å². The molecule has 0 aromatic heterocycles. The molecular formula is C4H12NOP. The van der Waals surface area contributed by atoms with Crippen molar-refractivity contribution in [2.75, 3.05) is 12.8 Å². The first-order chi connectivity index (χ1) is 3.27. The second-order valence-electron chi connectivity index (χ2n) is 1.51. The van der Waals surface area contributed by atoms with E-state index in [0.29, 0.717) is 6.54 Å². The molecular weight excluding hydrogens is 109 g/mol. The van der Waals surface area contributed by atoms with Crippen LogP contribution in [0.1, 0.15) is 6.92 Å². The van der Waals surface area contributed by atoms with Gasteiger partial charge in [0.1, 0.15) is 0 Å². The Morgan fingerprint density at radius 2 is 2.43 bits per heavy atom. The maximum atomic E-state index is 8.61. The van der Waals surface area contributed by atoms with Gasteiger partial charge in [-0.05, 0) is 6.92 Å². The molecule has 0 saturated heterocycles. The Labute approximate surface area is 46.5 Å². The predicted molar refractivity (Wildman–Crippen MR) is 34.3 cm³/mol. The molecule has 0 rings (SSSR count). The van der Waals surface area contributed by atoms with E-state index < -0.39 is 0 Å². The van der Waals surface area contributed by atoms with E-state index in [1.165, 1.54) is 0 Å². The fourth-order valence-electron chi connectivity index (χ4n) is 0.292. The van der Waals surface area contributed by atoms with Crippen molar-refractivity contribution in [2.24, 2.45) is 0 Å². The van der Waals surface area contributed by atoms with Crippen molar-refractivity contribution >= 4 is 9.24 Å². The summed E-state index contributed by atoms with van der Waals surface area (Å²) in [6.07, 6.45) is 0.630. The van der Waals surface area contributed by atoms with Crippen LogP contribution in [0, 0.1) is 0 Å². The Bertz CT molecular complexity index is 40.7. The van der Waals surface area contributed by atoms with Crippen molar-refractivity contribution < 1.29 is 5.11 Å². The topological polar surface area (TPSA) is 32.3 Å². The third-order valence-corrected chi connectivity index (χ3v) is 0.873. The first-order valence-corrected chi connectivity index (χ1v) is 3.18. The van der Waals surface area contributed by atoms with Gasteiger partial charge in [-0.2, -0.15) is 0 Å². The quantitative estimate of drug-likeness (QED) is 0.506. The largest absolute Gasteiger partial charge is 0.392 e. The number of hydrogen-bond donors (Lipinski definition) is 2. The van der Waals surface area contributed by atoms with Gasteiger partial charge < -0.3 is 10.4 Å². The average Bonchev–Trinajstić information content (AvgIpc) is 1.61. The van der Waals surface area contributed by atoms with E-state index in [1.807, 2.05) is 0 Å². The molecule has 0 aliphatic heterocycles. The number of aliphatic hydroxyl groups excluding tert-OH is 1. The minimum absolute atomic E-state index is 0.222. The van der Waals surface area contributed by atoms with E-state index in [2.05, 4.69) is 14.6 Å². The minimum Gasteiger partial charge on any atom is -0.392 e. The molecule has 0 spiro atoms. The van der Waals surface area contributed by atoms with Gasteiger partial charge in [-0.1, -0.05) is 0 Å². The summed E-state index contributed by atoms with van der Waals surface area (Å²) in [7, 11) is 2.52. The van der Waals surface area contributed by atoms with Crippen LogP contribution in [-0.4, -0.2) is 24.0 Å². The molecule has 0 aromatic rings. The van der Waals surface area contributed by atoms with E-state index in [4.69, 9.17) is 5.11 Å². The van der Waals surface area contributed by atoms with E-state index in [0.717, 1.165) is 6.29 Å². The second kappa shape index (κ2) is 4.51. The van der Waals surface area contributed by atoms with Crippen molar-refractivity contribution in [2.45, 2.75) is 13.0 Å². The summed E-state index contributed by atoms with van der Waals surface area (Å²) in [4.78, 5) is 0. The van der Waals surface area contributed by atoms with Crippen LogP contribution in [0.4, 0.5) is 0 Å². The summed E-state index contributed by atoms with van der Waals surface area (Å²) < 4.78 is 0. The molecule has 44 valence electrons. The minimum atomic E-state index is -0.222. The van der Waals surface area contributed by atoms with Gasteiger partial charge >= 0.3 is 0 Å². The molecule has 0 saturated carbocycles. The van der Waals surface area contributed by atoms with Crippen molar-refractivity contribution in [3.8, 4) is 0 Å². The fraction of sp³-hybridized carbons (Fsp3) is 1.00. The molecule has 0 fully saturated rings. The lowest BCUT2D eigenvalue weighted by atomic mass is 10.4. The molecule has 3 heteroatoms. The maximum Gasteiger partial charge on any atom is 0.0636 e. The van der Waals surface area contributed by atoms with Gasteiger partial charge in [0.25, 0.3) is 0 Å². The molecule has 0 aliphatic rings. The predicted octanol–water partition coefficient (Wildman–Crippen LogP) is -0.211. The monoisotopic (exact) mass is 121 g/mol. The van der Waals surface area contributed by atoms with E-state index in [1.54, 1.807) is 6.92 Å². The summed E-state index contributed by atoms with van der Waals surface area (Å²) in [6, 6.07) is 0. The van der Waals surface area contributed by atoms with Gasteiger partial charge in [-0.25, -0.2) is 0 Å². The summed E-state index contributed by atoms with van der Waals surface area (Å²) >= 11 is 0. The van der Waals surface area contributed by atoms with E-state index in [-0.39, 0.29) is 6.10 Å². The first-order valence-electron chi connectivity index (χ1n) is 2.36. The fourth-order valence-corrected chi connectivity index (χ4v) is 0.459. The number of nitrogens with one attached hydrogen (secondary N) is 1. The lowest BCUT2D eigenvalue weighted by Gasteiger charge is -2.01. The Kier molecular flexibility index (Phi) is 4.73. The number of rotatable bonds is 3. The molecule has 0 aliphatic carbocycles. The van der Waals surface area contributed by atoms with E-state index in [9.17, 15) is 0 Å². The van der Waals surface area contributed by atoms with Crippen LogP contribution < -0.4 is 5.32 Å². The molecule has 0 bridgehead atoms. The number of hydrogen-bond acceptors (Lipinski definition) is 2. The highest BCUT2D eigenvalue weighted by Gasteiger charge is 1.88. The molecule has 0 radical (unpaired) electrons. The zero-order valence-corrected chi connectivity index (χ0v) is 5.67. The Hall–Kier alpha value is 0.350. The third-order valence-electron chi connectivity index (χ3n) is 0.584. The van der Waals surface area contributed by atoms with Crippen LogP contribution in [0.3, 0.4) is 0 Å². The normalized spacial score (nSPS) is 14.1. The first kappa shape index (κ1) is 7.35. The van der Waals surface area contributed by atoms with Gasteiger partial charge in [-0.15, -0.1) is 9.24 Å². The van der Waals surface area contributed by atoms with Crippen LogP contribution in [0.5, 0.6) is 0 Å². The lowest BCUT2D eigenvalue weighted by Crippen LogP contribution is -2.22. The highest BCUT2D eigenvalue weighted by atomic mass is 31.0. The van der Waals surface area contributed by atoms with Crippen LogP contribution in [0.15, 0.2) is 0 Å². The SMILES string of the molecule is C[C@@H](O)CNCP. The van der Waals surface area contributed by atoms with Gasteiger partial charge in [0.2, 0.25) is 0 Å². The summed E-state index contributed by atoms with van der Waals surface area (Å²) in [5.74, 6) is 0. The molecule has 2 nitrogen and oxygen atoms in total. The molecule has 2 atom stereocenters. The molecule has 0 amide bonds. The second-order valence-corrected chi connectivity index (χ2v) is 1.92. The van der Waals surface area contributed by atoms with Gasteiger partial charge in [0.05, 0.1) is 6.10 Å². The maximum absolute atomic E-state index is 8.61. The van der Waals surface area contributed by atoms with Crippen molar-refractivity contribution in [1.82, 2.24) is 5.32 Å². The molecule has 0 heterocycles. The van der Waals surface area contributed by atoms with Crippen molar-refractivity contribution in [1.29, 1.82) is 0 Å². The Balaban J connectivity index is 2.68. The standard InChI is InChI=1S/C4H12NOP/c1-4(6)2-5-3-7/h4-6H,2-3,7H2,1H3/t4-/m1/s1. The zero-order chi connectivity index (χ0) is 5.70. The van der Waals surface area contributed by atoms with Gasteiger partial charge in [0, 0.05) is 12.8 Å². The van der Waals surface area contributed by atoms with Crippen LogP contribution >= 0.6 is 9.24 Å². The van der Waals surface area contributed by atoms with Crippen LogP contribution in [0.2, 0.25) is 0 Å². The molecule has 0 aromatic carbocycles. The molecule has 2 N–H and O–H groups in total. The van der Waals surface area contributed by atoms with Gasteiger partial charge in [-0.3, -0.25) is 0 Å². The molecule has 7 heavy (non-hydrogen) atoms. The summed E-state index contributed by atoms with van der Waals surface area (Å²) in [6.45, 7) is 2.44.